The first kappa shape index (κ1) is 11.3. The van der Waals surface area contributed by atoms with Crippen LogP contribution in [0.15, 0.2) is 0 Å². The van der Waals surface area contributed by atoms with E-state index in [4.69, 9.17) is 26.8 Å². The average Bonchev–Trinajstić information content (AvgIpc) is 1.99. The summed E-state index contributed by atoms with van der Waals surface area (Å²) in [6.07, 6.45) is -1.01. The molecule has 6 nitrogen and oxygen atoms in total. The molecule has 0 aliphatic rings. The van der Waals surface area contributed by atoms with Gasteiger partial charge in [0, 0.05) is 0 Å². The summed E-state index contributed by atoms with van der Waals surface area (Å²) in [5, 5.41) is 26.4. The van der Waals surface area contributed by atoms with E-state index >= 15 is 0 Å². The Bertz CT molecular complexity index is 160. The van der Waals surface area contributed by atoms with Gasteiger partial charge in [0.25, 0.3) is 0 Å². The Balaban J connectivity index is 4.06. The van der Waals surface area contributed by atoms with E-state index in [0.717, 1.165) is 0 Å². The van der Waals surface area contributed by atoms with E-state index in [1.54, 1.807) is 0 Å². The first-order valence-corrected chi connectivity index (χ1v) is 3.55. The van der Waals surface area contributed by atoms with Crippen LogP contribution in [-0.2, 0) is 4.79 Å². The lowest BCUT2D eigenvalue weighted by Crippen LogP contribution is -2.57. The molecule has 0 amide bonds. The summed E-state index contributed by atoms with van der Waals surface area (Å²) in [4.78, 5) is 10.3. The highest BCUT2D eigenvalue weighted by molar-refractivity contribution is 5.76. The predicted molar refractivity (Wildman–Crippen MR) is 41.1 cm³/mol. The normalized spacial score (nSPS) is 18.3. The predicted octanol–water partition coefficient (Wildman–Crippen LogP) is -2.18. The van der Waals surface area contributed by atoms with Crippen molar-refractivity contribution in [1.82, 2.24) is 0 Å². The topological polar surface area (TPSA) is 130 Å². The van der Waals surface area contributed by atoms with Gasteiger partial charge in [-0.1, -0.05) is 0 Å². The molecule has 0 rings (SSSR count). The first-order valence-electron chi connectivity index (χ1n) is 3.55. The minimum absolute atomic E-state index is 0.0653. The van der Waals surface area contributed by atoms with Gasteiger partial charge >= 0.3 is 5.97 Å². The molecule has 0 saturated carbocycles. The van der Waals surface area contributed by atoms with Crippen LogP contribution in [0.3, 0.4) is 0 Å². The third kappa shape index (κ3) is 2.74. The van der Waals surface area contributed by atoms with Crippen LogP contribution in [0.2, 0.25) is 0 Å². The van der Waals surface area contributed by atoms with Crippen LogP contribution < -0.4 is 11.5 Å². The van der Waals surface area contributed by atoms with E-state index in [1.165, 1.54) is 0 Å². The summed E-state index contributed by atoms with van der Waals surface area (Å²) in [6.45, 7) is 0.312. The van der Waals surface area contributed by atoms with Crippen LogP contribution in [0, 0.1) is 0 Å². The van der Waals surface area contributed by atoms with Gasteiger partial charge in [-0.3, -0.25) is 5.73 Å². The lowest BCUT2D eigenvalue weighted by molar-refractivity contribution is -0.171. The Morgan fingerprint density at radius 2 is 2.08 bits per heavy atom. The van der Waals surface area contributed by atoms with E-state index in [1.807, 2.05) is 0 Å². The molecule has 0 aromatic carbocycles. The van der Waals surface area contributed by atoms with Crippen molar-refractivity contribution in [2.45, 2.75) is 24.7 Å². The molecular weight excluding hydrogens is 164 g/mol. The second kappa shape index (κ2) is 4.36. The maximum Gasteiger partial charge on any atom is 0.353 e. The van der Waals surface area contributed by atoms with Crippen LogP contribution >= 0.6 is 0 Å². The zero-order valence-corrected chi connectivity index (χ0v) is 6.60. The van der Waals surface area contributed by atoms with Crippen LogP contribution in [0.25, 0.3) is 0 Å². The van der Waals surface area contributed by atoms with Crippen molar-refractivity contribution >= 4 is 5.97 Å². The number of carboxylic acid groups (broad SMARTS) is 1. The molecule has 0 aromatic rings. The zero-order valence-electron chi connectivity index (χ0n) is 6.60. The number of carbonyl (C=O) groups is 1. The highest BCUT2D eigenvalue weighted by Gasteiger charge is 2.38. The number of rotatable bonds is 5. The quantitative estimate of drug-likeness (QED) is 0.304. The zero-order chi connectivity index (χ0) is 9.78. The van der Waals surface area contributed by atoms with Crippen molar-refractivity contribution in [2.24, 2.45) is 11.5 Å². The van der Waals surface area contributed by atoms with Gasteiger partial charge < -0.3 is 21.1 Å². The van der Waals surface area contributed by atoms with Crippen molar-refractivity contribution in [1.29, 1.82) is 0 Å². The first-order chi connectivity index (χ1) is 5.42. The summed E-state index contributed by atoms with van der Waals surface area (Å²) in [7, 11) is 0. The fourth-order valence-electron chi connectivity index (χ4n) is 0.674. The van der Waals surface area contributed by atoms with Gasteiger partial charge in [-0.15, -0.1) is 0 Å². The van der Waals surface area contributed by atoms with Crippen LogP contribution in [0.5, 0.6) is 0 Å². The Morgan fingerprint density at radius 1 is 1.58 bits per heavy atom. The third-order valence-electron chi connectivity index (χ3n) is 1.53. The standard InChI is InChI=1S/C6H14N2O4/c7-3-1-2-4(9)6(8,12)5(10)11/h4,9,12H,1-3,7-8H2,(H,10,11)/t4-,6-/m0/s1. The second-order valence-corrected chi connectivity index (χ2v) is 2.58. The Hall–Kier alpha value is -0.690. The number of aliphatic hydroxyl groups excluding tert-OH is 1. The molecule has 0 spiro atoms. The molecule has 0 fully saturated rings. The minimum Gasteiger partial charge on any atom is -0.478 e. The molecule has 72 valence electrons. The maximum atomic E-state index is 10.3. The van der Waals surface area contributed by atoms with Gasteiger partial charge in [-0.2, -0.15) is 0 Å². The molecule has 0 bridgehead atoms. The molecule has 0 aliphatic heterocycles. The molecule has 12 heavy (non-hydrogen) atoms. The summed E-state index contributed by atoms with van der Waals surface area (Å²) < 4.78 is 0. The van der Waals surface area contributed by atoms with Crippen molar-refractivity contribution in [3.05, 3.63) is 0 Å². The van der Waals surface area contributed by atoms with Gasteiger partial charge in [-0.05, 0) is 19.4 Å². The number of aliphatic carboxylic acids is 1. The fourth-order valence-corrected chi connectivity index (χ4v) is 0.674. The van der Waals surface area contributed by atoms with E-state index in [9.17, 15) is 4.79 Å². The van der Waals surface area contributed by atoms with Gasteiger partial charge in [-0.25, -0.2) is 4.79 Å². The summed E-state index contributed by atoms with van der Waals surface area (Å²) in [5.74, 6) is -1.65. The van der Waals surface area contributed by atoms with E-state index in [2.05, 4.69) is 0 Å². The van der Waals surface area contributed by atoms with Crippen molar-refractivity contribution in [2.75, 3.05) is 6.54 Å². The van der Waals surface area contributed by atoms with Crippen LogP contribution in [-0.4, -0.2) is 39.7 Å². The highest BCUT2D eigenvalue weighted by Crippen LogP contribution is 2.08. The second-order valence-electron chi connectivity index (χ2n) is 2.58. The highest BCUT2D eigenvalue weighted by atomic mass is 16.4. The maximum absolute atomic E-state index is 10.3. The summed E-state index contributed by atoms with van der Waals surface area (Å²) in [6, 6.07) is 0. The average molecular weight is 178 g/mol. The molecule has 7 N–H and O–H groups in total. The molecule has 0 heterocycles. The number of hydrogen-bond acceptors (Lipinski definition) is 5. The van der Waals surface area contributed by atoms with Gasteiger partial charge in [0.2, 0.25) is 5.72 Å². The van der Waals surface area contributed by atoms with Gasteiger partial charge in [0.15, 0.2) is 0 Å². The van der Waals surface area contributed by atoms with Crippen LogP contribution in [0.4, 0.5) is 0 Å². The monoisotopic (exact) mass is 178 g/mol. The van der Waals surface area contributed by atoms with E-state index in [-0.39, 0.29) is 6.42 Å². The number of aliphatic hydroxyl groups is 2. The Kier molecular flexibility index (Phi) is 4.11. The fraction of sp³-hybridized carbons (Fsp3) is 0.833. The van der Waals surface area contributed by atoms with Gasteiger partial charge in [0.1, 0.15) is 6.10 Å². The molecule has 0 aromatic heterocycles. The summed E-state index contributed by atoms with van der Waals surface area (Å²) in [5.41, 5.74) is 7.45. The van der Waals surface area contributed by atoms with Crippen molar-refractivity contribution in [3.8, 4) is 0 Å². The SMILES string of the molecule is NCCC[C@H](O)[C@](N)(O)C(=O)O. The molecular formula is C6H14N2O4. The molecule has 0 saturated heterocycles. The molecule has 2 atom stereocenters. The largest absolute Gasteiger partial charge is 0.478 e. The molecule has 0 unspecified atom stereocenters. The minimum atomic E-state index is -2.57. The molecule has 0 aliphatic carbocycles. The molecule has 6 heteroatoms. The van der Waals surface area contributed by atoms with Crippen LogP contribution in [0.1, 0.15) is 12.8 Å². The number of carboxylic acids is 1. The number of nitrogens with two attached hydrogens (primary N) is 2. The third-order valence-corrected chi connectivity index (χ3v) is 1.53. The van der Waals surface area contributed by atoms with E-state index < -0.39 is 17.8 Å². The van der Waals surface area contributed by atoms with Crippen molar-refractivity contribution in [3.63, 3.8) is 0 Å². The summed E-state index contributed by atoms with van der Waals surface area (Å²) >= 11 is 0. The lowest BCUT2D eigenvalue weighted by Gasteiger charge is -2.23. The molecule has 0 radical (unpaired) electrons. The number of hydrogen-bond donors (Lipinski definition) is 5. The lowest BCUT2D eigenvalue weighted by atomic mass is 10.0. The van der Waals surface area contributed by atoms with Gasteiger partial charge in [0.05, 0.1) is 0 Å². The van der Waals surface area contributed by atoms with E-state index in [0.29, 0.717) is 13.0 Å². The smallest absolute Gasteiger partial charge is 0.353 e. The Morgan fingerprint density at radius 3 is 2.42 bits per heavy atom. The Labute approximate surface area is 69.8 Å². The van der Waals surface area contributed by atoms with Crippen molar-refractivity contribution < 1.29 is 20.1 Å².